The highest BCUT2D eigenvalue weighted by molar-refractivity contribution is 5.91. The standard InChI is InChI=1S/C22H19N5O3/c1-2-19(28)24-16-10-8-14(9-11-16)15-5-3-6-17(13-15)25-20-18-7-4-12-23-21(18)27(30)22(29)26-20/h3-13,30H,2H2,1H3,(H,24,28)(H,25,26,29). The van der Waals surface area contributed by atoms with E-state index in [1.54, 1.807) is 19.1 Å². The van der Waals surface area contributed by atoms with E-state index < -0.39 is 5.69 Å². The van der Waals surface area contributed by atoms with Crippen molar-refractivity contribution >= 4 is 34.1 Å². The number of anilines is 3. The molecule has 2 heterocycles. The third-order valence-corrected chi connectivity index (χ3v) is 4.58. The van der Waals surface area contributed by atoms with Gasteiger partial charge in [0.2, 0.25) is 5.91 Å². The molecule has 1 amide bonds. The Morgan fingerprint density at radius 3 is 2.60 bits per heavy atom. The Morgan fingerprint density at radius 2 is 1.83 bits per heavy atom. The number of nitrogens with zero attached hydrogens (tertiary/aromatic N) is 3. The molecular formula is C22H19N5O3. The van der Waals surface area contributed by atoms with E-state index in [-0.39, 0.29) is 11.6 Å². The van der Waals surface area contributed by atoms with Crippen molar-refractivity contribution in [2.24, 2.45) is 0 Å². The van der Waals surface area contributed by atoms with E-state index in [0.29, 0.717) is 22.4 Å². The summed E-state index contributed by atoms with van der Waals surface area (Å²) in [6.45, 7) is 1.80. The molecule has 0 aliphatic carbocycles. The number of nitrogens with one attached hydrogen (secondary N) is 2. The minimum absolute atomic E-state index is 0.0343. The van der Waals surface area contributed by atoms with Crippen LogP contribution in [0.4, 0.5) is 17.2 Å². The fourth-order valence-corrected chi connectivity index (χ4v) is 3.05. The molecule has 4 rings (SSSR count). The van der Waals surface area contributed by atoms with E-state index in [1.165, 1.54) is 6.20 Å². The molecule has 150 valence electrons. The molecule has 0 unspecified atom stereocenters. The Kier molecular flexibility index (Phi) is 5.13. The summed E-state index contributed by atoms with van der Waals surface area (Å²) in [5.74, 6) is 0.274. The number of fused-ring (bicyclic) bond motifs is 1. The highest BCUT2D eigenvalue weighted by Crippen LogP contribution is 2.27. The highest BCUT2D eigenvalue weighted by atomic mass is 16.5. The first-order valence-electron chi connectivity index (χ1n) is 9.39. The molecule has 0 radical (unpaired) electrons. The summed E-state index contributed by atoms with van der Waals surface area (Å²) in [5, 5.41) is 16.3. The number of carbonyl (C=O) groups is 1. The second-order valence-electron chi connectivity index (χ2n) is 6.61. The van der Waals surface area contributed by atoms with Crippen molar-refractivity contribution in [1.82, 2.24) is 14.7 Å². The van der Waals surface area contributed by atoms with Crippen LogP contribution in [0.25, 0.3) is 22.2 Å². The van der Waals surface area contributed by atoms with Gasteiger partial charge in [-0.15, -0.1) is 4.73 Å². The summed E-state index contributed by atoms with van der Waals surface area (Å²) in [4.78, 5) is 31.4. The molecule has 2 aromatic heterocycles. The first-order chi connectivity index (χ1) is 14.5. The fraction of sp³-hybridized carbons (Fsp3) is 0.0909. The monoisotopic (exact) mass is 401 g/mol. The van der Waals surface area contributed by atoms with Crippen LogP contribution >= 0.6 is 0 Å². The van der Waals surface area contributed by atoms with Crippen molar-refractivity contribution in [3.8, 4) is 11.1 Å². The van der Waals surface area contributed by atoms with Crippen molar-refractivity contribution in [3.63, 3.8) is 0 Å². The SMILES string of the molecule is CCC(=O)Nc1ccc(-c2cccc(Nc3nc(=O)n(O)c4ncccc34)c2)cc1. The number of amides is 1. The van der Waals surface area contributed by atoms with Crippen LogP contribution in [-0.4, -0.2) is 25.8 Å². The Labute approximate surface area is 171 Å². The molecule has 8 nitrogen and oxygen atoms in total. The molecule has 0 saturated carbocycles. The van der Waals surface area contributed by atoms with Gasteiger partial charge in [-0.25, -0.2) is 9.78 Å². The Bertz CT molecular complexity index is 1280. The van der Waals surface area contributed by atoms with E-state index in [1.807, 2.05) is 48.5 Å². The average Bonchev–Trinajstić information content (AvgIpc) is 2.78. The third-order valence-electron chi connectivity index (χ3n) is 4.58. The van der Waals surface area contributed by atoms with Gasteiger partial charge in [0.1, 0.15) is 5.82 Å². The maximum absolute atomic E-state index is 12.0. The summed E-state index contributed by atoms with van der Waals surface area (Å²) in [5.41, 5.74) is 2.70. The second kappa shape index (κ2) is 8.04. The maximum Gasteiger partial charge on any atom is 0.384 e. The molecule has 30 heavy (non-hydrogen) atoms. The van der Waals surface area contributed by atoms with Gasteiger partial charge in [-0.1, -0.05) is 31.2 Å². The zero-order chi connectivity index (χ0) is 21.1. The highest BCUT2D eigenvalue weighted by Gasteiger charge is 2.11. The number of benzene rings is 2. The number of hydrogen-bond acceptors (Lipinski definition) is 6. The van der Waals surface area contributed by atoms with Gasteiger partial charge in [0.05, 0.1) is 5.39 Å². The van der Waals surface area contributed by atoms with E-state index >= 15 is 0 Å². The lowest BCUT2D eigenvalue weighted by molar-refractivity contribution is -0.115. The van der Waals surface area contributed by atoms with Crippen molar-refractivity contribution < 1.29 is 10.0 Å². The molecular weight excluding hydrogens is 382 g/mol. The van der Waals surface area contributed by atoms with Crippen molar-refractivity contribution in [3.05, 3.63) is 77.3 Å². The van der Waals surface area contributed by atoms with Gasteiger partial charge in [0.15, 0.2) is 5.65 Å². The zero-order valence-electron chi connectivity index (χ0n) is 16.2. The van der Waals surface area contributed by atoms with Crippen molar-refractivity contribution in [1.29, 1.82) is 0 Å². The minimum atomic E-state index is -0.815. The normalized spacial score (nSPS) is 10.7. The number of hydrogen-bond donors (Lipinski definition) is 3. The van der Waals surface area contributed by atoms with Gasteiger partial charge in [-0.2, -0.15) is 4.98 Å². The van der Waals surface area contributed by atoms with Gasteiger partial charge in [0.25, 0.3) is 0 Å². The number of rotatable bonds is 5. The van der Waals surface area contributed by atoms with Gasteiger partial charge in [-0.05, 0) is 47.5 Å². The molecule has 3 N–H and O–H groups in total. The summed E-state index contributed by atoms with van der Waals surface area (Å²) in [6.07, 6.45) is 1.92. The molecule has 0 aliphatic heterocycles. The Balaban J connectivity index is 1.64. The van der Waals surface area contributed by atoms with Crippen molar-refractivity contribution in [2.45, 2.75) is 13.3 Å². The van der Waals surface area contributed by atoms with E-state index in [4.69, 9.17) is 0 Å². The van der Waals surface area contributed by atoms with Crippen LogP contribution in [0.1, 0.15) is 13.3 Å². The molecule has 0 fully saturated rings. The van der Waals surface area contributed by atoms with E-state index in [2.05, 4.69) is 20.6 Å². The van der Waals surface area contributed by atoms with Crippen LogP contribution in [0.2, 0.25) is 0 Å². The molecule has 0 atom stereocenters. The maximum atomic E-state index is 12.0. The number of aromatic nitrogens is 3. The average molecular weight is 401 g/mol. The minimum Gasteiger partial charge on any atom is -0.422 e. The smallest absolute Gasteiger partial charge is 0.384 e. The lowest BCUT2D eigenvalue weighted by Crippen LogP contribution is -2.23. The number of carbonyl (C=O) groups excluding carboxylic acids is 1. The van der Waals surface area contributed by atoms with Crippen LogP contribution < -0.4 is 16.3 Å². The van der Waals surface area contributed by atoms with Crippen LogP contribution in [0.5, 0.6) is 0 Å². The second-order valence-corrected chi connectivity index (χ2v) is 6.61. The topological polar surface area (TPSA) is 109 Å². The quantitative estimate of drug-likeness (QED) is 0.439. The van der Waals surface area contributed by atoms with Gasteiger partial charge in [0, 0.05) is 24.0 Å². The molecule has 0 spiro atoms. The summed E-state index contributed by atoms with van der Waals surface area (Å²) in [7, 11) is 0. The molecule has 0 bridgehead atoms. The summed E-state index contributed by atoms with van der Waals surface area (Å²) >= 11 is 0. The summed E-state index contributed by atoms with van der Waals surface area (Å²) in [6, 6.07) is 18.6. The Hall–Kier alpha value is -4.20. The van der Waals surface area contributed by atoms with E-state index in [9.17, 15) is 14.8 Å². The van der Waals surface area contributed by atoms with Crippen LogP contribution in [0.3, 0.4) is 0 Å². The van der Waals surface area contributed by atoms with Crippen LogP contribution in [-0.2, 0) is 4.79 Å². The van der Waals surface area contributed by atoms with Crippen LogP contribution in [0.15, 0.2) is 71.7 Å². The summed E-state index contributed by atoms with van der Waals surface area (Å²) < 4.78 is 0.426. The molecule has 0 saturated heterocycles. The molecule has 8 heteroatoms. The molecule has 0 aliphatic rings. The first-order valence-corrected chi connectivity index (χ1v) is 9.39. The van der Waals surface area contributed by atoms with Crippen LogP contribution in [0, 0.1) is 0 Å². The van der Waals surface area contributed by atoms with Gasteiger partial charge in [-0.3, -0.25) is 4.79 Å². The third kappa shape index (κ3) is 3.83. The lowest BCUT2D eigenvalue weighted by Gasteiger charge is -2.11. The van der Waals surface area contributed by atoms with Crippen molar-refractivity contribution in [2.75, 3.05) is 10.6 Å². The van der Waals surface area contributed by atoms with Gasteiger partial charge < -0.3 is 15.8 Å². The number of pyridine rings is 1. The zero-order valence-corrected chi connectivity index (χ0v) is 16.2. The van der Waals surface area contributed by atoms with E-state index in [0.717, 1.165) is 22.5 Å². The van der Waals surface area contributed by atoms with Gasteiger partial charge >= 0.3 is 5.69 Å². The molecule has 2 aromatic carbocycles. The first kappa shape index (κ1) is 19.1. The predicted molar refractivity (Wildman–Crippen MR) is 115 cm³/mol. The predicted octanol–water partition coefficient (Wildman–Crippen LogP) is 3.79. The molecule has 4 aromatic rings. The lowest BCUT2D eigenvalue weighted by atomic mass is 10.0. The Morgan fingerprint density at radius 1 is 1.03 bits per heavy atom. The largest absolute Gasteiger partial charge is 0.422 e. The fourth-order valence-electron chi connectivity index (χ4n) is 3.05.